The Morgan fingerprint density at radius 3 is 2.31 bits per heavy atom. The monoisotopic (exact) mass is 354 g/mol. The van der Waals surface area contributed by atoms with Crippen molar-refractivity contribution in [2.24, 2.45) is 5.92 Å². The molecule has 0 saturated heterocycles. The highest BCUT2D eigenvalue weighted by molar-refractivity contribution is 5.95. The SMILES string of the molecule is CCCC[C@@H](C)CCC/C(C)=C\Cc1c(C)c(O)c2ccccc2c1O. The number of hydrogen-bond acceptors (Lipinski definition) is 2. The zero-order valence-corrected chi connectivity index (χ0v) is 16.8. The van der Waals surface area contributed by atoms with E-state index in [0.29, 0.717) is 17.6 Å². The highest BCUT2D eigenvalue weighted by atomic mass is 16.3. The minimum Gasteiger partial charge on any atom is -0.507 e. The van der Waals surface area contributed by atoms with Gasteiger partial charge in [0, 0.05) is 16.3 Å². The quantitative estimate of drug-likeness (QED) is 0.374. The van der Waals surface area contributed by atoms with Crippen molar-refractivity contribution in [3.63, 3.8) is 0 Å². The van der Waals surface area contributed by atoms with Crippen LogP contribution >= 0.6 is 0 Å². The van der Waals surface area contributed by atoms with Gasteiger partial charge in [-0.1, -0.05) is 75.4 Å². The molecular weight excluding hydrogens is 320 g/mol. The number of phenolic OH excluding ortho intramolecular Hbond substituents is 2. The van der Waals surface area contributed by atoms with Crippen LogP contribution < -0.4 is 0 Å². The Labute approximate surface area is 158 Å². The second kappa shape index (κ2) is 9.66. The van der Waals surface area contributed by atoms with Crippen LogP contribution in [0.25, 0.3) is 10.8 Å². The van der Waals surface area contributed by atoms with E-state index in [4.69, 9.17) is 0 Å². The highest BCUT2D eigenvalue weighted by Gasteiger charge is 2.14. The topological polar surface area (TPSA) is 40.5 Å². The van der Waals surface area contributed by atoms with E-state index in [9.17, 15) is 10.2 Å². The predicted octanol–water partition coefficient (Wildman–Crippen LogP) is 7.04. The maximum absolute atomic E-state index is 10.7. The molecule has 0 spiro atoms. The largest absolute Gasteiger partial charge is 0.507 e. The fourth-order valence-corrected chi connectivity index (χ4v) is 3.64. The smallest absolute Gasteiger partial charge is 0.127 e. The van der Waals surface area contributed by atoms with Gasteiger partial charge in [0.1, 0.15) is 11.5 Å². The molecule has 2 rings (SSSR count). The average Bonchev–Trinajstić information content (AvgIpc) is 2.64. The van der Waals surface area contributed by atoms with E-state index in [1.807, 2.05) is 31.2 Å². The van der Waals surface area contributed by atoms with E-state index < -0.39 is 0 Å². The van der Waals surface area contributed by atoms with Crippen molar-refractivity contribution >= 4 is 10.8 Å². The zero-order chi connectivity index (χ0) is 19.1. The Morgan fingerprint density at radius 2 is 1.65 bits per heavy atom. The summed E-state index contributed by atoms with van der Waals surface area (Å²) in [6, 6.07) is 7.48. The number of allylic oxidation sites excluding steroid dienone is 2. The second-order valence-corrected chi connectivity index (χ2v) is 7.74. The van der Waals surface area contributed by atoms with Crippen LogP contribution in [-0.2, 0) is 6.42 Å². The number of phenols is 2. The third-order valence-electron chi connectivity index (χ3n) is 5.50. The van der Waals surface area contributed by atoms with E-state index in [-0.39, 0.29) is 5.75 Å². The molecule has 142 valence electrons. The van der Waals surface area contributed by atoms with Crippen LogP contribution in [0.3, 0.4) is 0 Å². The third-order valence-corrected chi connectivity index (χ3v) is 5.50. The first-order valence-electron chi connectivity index (χ1n) is 10.0. The molecule has 0 aliphatic rings. The van der Waals surface area contributed by atoms with Crippen molar-refractivity contribution in [2.45, 2.75) is 72.6 Å². The van der Waals surface area contributed by atoms with Gasteiger partial charge in [0.15, 0.2) is 0 Å². The molecule has 0 aliphatic carbocycles. The molecule has 26 heavy (non-hydrogen) atoms. The Balaban J connectivity index is 2.03. The fraction of sp³-hybridized carbons (Fsp3) is 0.500. The average molecular weight is 355 g/mol. The van der Waals surface area contributed by atoms with Crippen LogP contribution in [-0.4, -0.2) is 10.2 Å². The third kappa shape index (κ3) is 5.03. The van der Waals surface area contributed by atoms with Gasteiger partial charge in [-0.2, -0.15) is 0 Å². The Bertz CT molecular complexity index is 758. The van der Waals surface area contributed by atoms with Crippen LogP contribution in [0.15, 0.2) is 35.9 Å². The summed E-state index contributed by atoms with van der Waals surface area (Å²) in [4.78, 5) is 0. The molecule has 0 bridgehead atoms. The van der Waals surface area contributed by atoms with Gasteiger partial charge < -0.3 is 10.2 Å². The molecule has 2 N–H and O–H groups in total. The lowest BCUT2D eigenvalue weighted by molar-refractivity contribution is 0.456. The zero-order valence-electron chi connectivity index (χ0n) is 16.8. The molecule has 2 heteroatoms. The van der Waals surface area contributed by atoms with Gasteiger partial charge in [-0.05, 0) is 44.6 Å². The first kappa shape index (κ1) is 20.4. The second-order valence-electron chi connectivity index (χ2n) is 7.74. The summed E-state index contributed by atoms with van der Waals surface area (Å²) in [5.41, 5.74) is 2.97. The summed E-state index contributed by atoms with van der Waals surface area (Å²) in [6.45, 7) is 8.66. The molecule has 0 unspecified atom stereocenters. The maximum atomic E-state index is 10.7. The molecule has 2 aromatic rings. The van der Waals surface area contributed by atoms with Crippen molar-refractivity contribution in [3.05, 3.63) is 47.0 Å². The molecule has 0 amide bonds. The van der Waals surface area contributed by atoms with Crippen molar-refractivity contribution in [2.75, 3.05) is 0 Å². The predicted molar refractivity (Wildman–Crippen MR) is 112 cm³/mol. The van der Waals surface area contributed by atoms with E-state index in [1.54, 1.807) is 0 Å². The van der Waals surface area contributed by atoms with E-state index in [2.05, 4.69) is 26.8 Å². The molecule has 0 radical (unpaired) electrons. The van der Waals surface area contributed by atoms with Crippen LogP contribution in [0.5, 0.6) is 11.5 Å². The summed E-state index contributed by atoms with van der Waals surface area (Å²) in [5.74, 6) is 1.39. The fourth-order valence-electron chi connectivity index (χ4n) is 3.64. The van der Waals surface area contributed by atoms with Crippen molar-refractivity contribution in [3.8, 4) is 11.5 Å². The van der Waals surface area contributed by atoms with Crippen molar-refractivity contribution in [1.29, 1.82) is 0 Å². The molecule has 2 nitrogen and oxygen atoms in total. The number of rotatable bonds is 9. The van der Waals surface area contributed by atoms with Gasteiger partial charge in [0.2, 0.25) is 0 Å². The molecule has 0 aliphatic heterocycles. The number of aromatic hydroxyl groups is 2. The molecule has 0 saturated carbocycles. The van der Waals surface area contributed by atoms with Crippen molar-refractivity contribution in [1.82, 2.24) is 0 Å². The summed E-state index contributed by atoms with van der Waals surface area (Å²) in [6.07, 6.45) is 10.4. The van der Waals surface area contributed by atoms with Crippen LogP contribution in [0, 0.1) is 12.8 Å². The number of hydrogen-bond donors (Lipinski definition) is 2. The molecule has 2 aromatic carbocycles. The minimum absolute atomic E-state index is 0.282. The lowest BCUT2D eigenvalue weighted by atomic mass is 9.94. The lowest BCUT2D eigenvalue weighted by Crippen LogP contribution is -1.95. The molecule has 0 heterocycles. The normalized spacial score (nSPS) is 13.3. The van der Waals surface area contributed by atoms with E-state index >= 15 is 0 Å². The maximum Gasteiger partial charge on any atom is 0.127 e. The van der Waals surface area contributed by atoms with Gasteiger partial charge in [-0.25, -0.2) is 0 Å². The van der Waals surface area contributed by atoms with Crippen LogP contribution in [0.2, 0.25) is 0 Å². The molecule has 0 aromatic heterocycles. The summed E-state index contributed by atoms with van der Waals surface area (Å²) in [7, 11) is 0. The Hall–Kier alpha value is -1.96. The van der Waals surface area contributed by atoms with Crippen LogP contribution in [0.4, 0.5) is 0 Å². The summed E-state index contributed by atoms with van der Waals surface area (Å²) < 4.78 is 0. The highest BCUT2D eigenvalue weighted by Crippen LogP contribution is 2.39. The van der Waals surface area contributed by atoms with Gasteiger partial charge in [-0.3, -0.25) is 0 Å². The van der Waals surface area contributed by atoms with Gasteiger partial charge in [0.05, 0.1) is 0 Å². The number of benzene rings is 2. The molecule has 0 fully saturated rings. The van der Waals surface area contributed by atoms with E-state index in [0.717, 1.165) is 28.9 Å². The Morgan fingerprint density at radius 1 is 1.04 bits per heavy atom. The van der Waals surface area contributed by atoms with Gasteiger partial charge in [-0.15, -0.1) is 0 Å². The number of unbranched alkanes of at least 4 members (excludes halogenated alkanes) is 1. The molecular formula is C24H34O2. The number of fused-ring (bicyclic) bond motifs is 1. The van der Waals surface area contributed by atoms with E-state index in [1.165, 1.54) is 37.7 Å². The first-order valence-corrected chi connectivity index (χ1v) is 10.0. The lowest BCUT2D eigenvalue weighted by Gasteiger charge is -2.14. The van der Waals surface area contributed by atoms with Crippen LogP contribution in [0.1, 0.15) is 70.4 Å². The van der Waals surface area contributed by atoms with Crippen molar-refractivity contribution < 1.29 is 10.2 Å². The first-order chi connectivity index (χ1) is 12.5. The minimum atomic E-state index is 0.282. The van der Waals surface area contributed by atoms with Gasteiger partial charge >= 0.3 is 0 Å². The van der Waals surface area contributed by atoms with Gasteiger partial charge in [0.25, 0.3) is 0 Å². The standard InChI is InChI=1S/C24H34O2/c1-5-6-10-17(2)11-9-12-18(3)15-16-20-19(4)23(25)21-13-7-8-14-22(21)24(20)26/h7-8,13-15,17,25-26H,5-6,9-12,16H2,1-4H3/b18-15-/t17-/m1/s1. The Kier molecular flexibility index (Phi) is 7.56. The summed E-state index contributed by atoms with van der Waals surface area (Å²) >= 11 is 0. The molecule has 1 atom stereocenters. The summed E-state index contributed by atoms with van der Waals surface area (Å²) in [5, 5.41) is 22.6.